The molecule has 0 radical (unpaired) electrons. The van der Waals surface area contributed by atoms with Crippen molar-refractivity contribution in [2.24, 2.45) is 5.10 Å². The van der Waals surface area contributed by atoms with Crippen molar-refractivity contribution in [1.29, 1.82) is 0 Å². The van der Waals surface area contributed by atoms with Crippen LogP contribution in [0.2, 0.25) is 0 Å². The van der Waals surface area contributed by atoms with Gasteiger partial charge in [-0.05, 0) is 36.6 Å². The van der Waals surface area contributed by atoms with Gasteiger partial charge in [-0.15, -0.1) is 0 Å². The van der Waals surface area contributed by atoms with Crippen LogP contribution in [-0.4, -0.2) is 18.7 Å². The number of nitrogens with one attached hydrogen (secondary N) is 1. The Bertz CT molecular complexity index is 674. The van der Waals surface area contributed by atoms with Crippen molar-refractivity contribution in [1.82, 2.24) is 5.43 Å². The predicted molar refractivity (Wildman–Crippen MR) is 92.8 cm³/mol. The predicted octanol–water partition coefficient (Wildman–Crippen LogP) is 3.48. The minimum absolute atomic E-state index is 0.131. The van der Waals surface area contributed by atoms with Gasteiger partial charge in [0.1, 0.15) is 5.75 Å². The highest BCUT2D eigenvalue weighted by molar-refractivity contribution is 6.00. The average molecular weight is 310 g/mol. The standard InChI is InChI=1S/C19H22N2O2/c1-4-18(16-9-5-14(2)6-10-16)20-21-19(22)13-15-7-11-17(23-3)12-8-15/h5-12H,4,13H2,1-3H3,(H,21,22)/b20-18+. The number of nitrogens with zero attached hydrogens (tertiary/aromatic N) is 1. The zero-order chi connectivity index (χ0) is 16.7. The summed E-state index contributed by atoms with van der Waals surface area (Å²) < 4.78 is 5.10. The van der Waals surface area contributed by atoms with Gasteiger partial charge < -0.3 is 4.74 Å². The largest absolute Gasteiger partial charge is 0.497 e. The molecule has 0 heterocycles. The highest BCUT2D eigenvalue weighted by Crippen LogP contribution is 2.11. The van der Waals surface area contributed by atoms with E-state index in [1.165, 1.54) is 5.56 Å². The Morgan fingerprint density at radius 1 is 1.09 bits per heavy atom. The maximum Gasteiger partial charge on any atom is 0.244 e. The third-order valence-electron chi connectivity index (χ3n) is 3.56. The van der Waals surface area contributed by atoms with Crippen molar-refractivity contribution in [3.63, 3.8) is 0 Å². The lowest BCUT2D eigenvalue weighted by molar-refractivity contribution is -0.120. The molecule has 0 fully saturated rings. The molecular formula is C19H22N2O2. The van der Waals surface area contributed by atoms with Crippen molar-refractivity contribution in [2.45, 2.75) is 26.7 Å². The third-order valence-corrected chi connectivity index (χ3v) is 3.56. The van der Waals surface area contributed by atoms with Crippen molar-refractivity contribution >= 4 is 11.6 Å². The minimum atomic E-state index is -0.131. The van der Waals surface area contributed by atoms with Crippen molar-refractivity contribution in [2.75, 3.05) is 7.11 Å². The molecule has 0 unspecified atom stereocenters. The lowest BCUT2D eigenvalue weighted by atomic mass is 10.1. The van der Waals surface area contributed by atoms with E-state index >= 15 is 0 Å². The van der Waals surface area contributed by atoms with Crippen LogP contribution in [-0.2, 0) is 11.2 Å². The Morgan fingerprint density at radius 3 is 2.30 bits per heavy atom. The minimum Gasteiger partial charge on any atom is -0.497 e. The second-order valence-electron chi connectivity index (χ2n) is 5.34. The summed E-state index contributed by atoms with van der Waals surface area (Å²) in [6, 6.07) is 15.6. The molecule has 0 aliphatic carbocycles. The number of hydrazone groups is 1. The summed E-state index contributed by atoms with van der Waals surface area (Å²) in [5, 5.41) is 4.26. The summed E-state index contributed by atoms with van der Waals surface area (Å²) in [5.41, 5.74) is 6.67. The second kappa shape index (κ2) is 8.13. The van der Waals surface area contributed by atoms with Gasteiger partial charge in [0.15, 0.2) is 0 Å². The third kappa shape index (κ3) is 4.95. The Balaban J connectivity index is 1.98. The first kappa shape index (κ1) is 16.7. The molecule has 2 aromatic carbocycles. The molecule has 0 aliphatic rings. The summed E-state index contributed by atoms with van der Waals surface area (Å²) in [6.45, 7) is 4.07. The first-order valence-corrected chi connectivity index (χ1v) is 7.67. The van der Waals surface area contributed by atoms with Crippen molar-refractivity contribution in [3.05, 3.63) is 65.2 Å². The van der Waals surface area contributed by atoms with Gasteiger partial charge in [-0.2, -0.15) is 5.10 Å². The molecule has 0 spiro atoms. The van der Waals surface area contributed by atoms with Crippen LogP contribution in [0.25, 0.3) is 0 Å². The molecule has 4 nitrogen and oxygen atoms in total. The van der Waals surface area contributed by atoms with E-state index in [9.17, 15) is 4.79 Å². The molecular weight excluding hydrogens is 288 g/mol. The van der Waals surface area contributed by atoms with Crippen LogP contribution in [0.1, 0.15) is 30.0 Å². The molecule has 2 rings (SSSR count). The monoisotopic (exact) mass is 310 g/mol. The summed E-state index contributed by atoms with van der Waals surface area (Å²) in [5.74, 6) is 0.646. The number of carbonyl (C=O) groups excluding carboxylic acids is 1. The molecule has 120 valence electrons. The summed E-state index contributed by atoms with van der Waals surface area (Å²) >= 11 is 0. The lowest BCUT2D eigenvalue weighted by Crippen LogP contribution is -2.21. The smallest absolute Gasteiger partial charge is 0.244 e. The highest BCUT2D eigenvalue weighted by Gasteiger charge is 2.05. The fourth-order valence-corrected chi connectivity index (χ4v) is 2.19. The van der Waals surface area contributed by atoms with E-state index in [0.717, 1.165) is 29.0 Å². The molecule has 0 aliphatic heterocycles. The van der Waals surface area contributed by atoms with Gasteiger partial charge >= 0.3 is 0 Å². The number of rotatable bonds is 6. The highest BCUT2D eigenvalue weighted by atomic mass is 16.5. The zero-order valence-electron chi connectivity index (χ0n) is 13.8. The molecule has 1 amide bonds. The fraction of sp³-hybridized carbons (Fsp3) is 0.263. The van der Waals surface area contributed by atoms with Crippen molar-refractivity contribution < 1.29 is 9.53 Å². The molecule has 23 heavy (non-hydrogen) atoms. The normalized spacial score (nSPS) is 11.2. The zero-order valence-corrected chi connectivity index (χ0v) is 13.8. The molecule has 1 N–H and O–H groups in total. The van der Waals surface area contributed by atoms with Gasteiger partial charge in [0, 0.05) is 0 Å². The van der Waals surface area contributed by atoms with E-state index in [4.69, 9.17) is 4.74 Å². The molecule has 0 saturated carbocycles. The maximum absolute atomic E-state index is 12.0. The number of hydrogen-bond donors (Lipinski definition) is 1. The quantitative estimate of drug-likeness (QED) is 0.656. The lowest BCUT2D eigenvalue weighted by Gasteiger charge is -2.06. The van der Waals surface area contributed by atoms with E-state index < -0.39 is 0 Å². The number of ether oxygens (including phenoxy) is 1. The molecule has 0 aromatic heterocycles. The van der Waals surface area contributed by atoms with Crippen LogP contribution >= 0.6 is 0 Å². The molecule has 4 heteroatoms. The number of methoxy groups -OCH3 is 1. The van der Waals surface area contributed by atoms with Crippen LogP contribution in [0.3, 0.4) is 0 Å². The van der Waals surface area contributed by atoms with Crippen LogP contribution in [0.15, 0.2) is 53.6 Å². The number of hydrogen-bond acceptors (Lipinski definition) is 3. The van der Waals surface area contributed by atoms with Gasteiger partial charge in [-0.3, -0.25) is 4.79 Å². The number of aryl methyl sites for hydroxylation is 1. The first-order chi connectivity index (χ1) is 11.1. The summed E-state index contributed by atoms with van der Waals surface area (Å²) in [4.78, 5) is 12.0. The molecule has 0 saturated heterocycles. The van der Waals surface area contributed by atoms with Crippen LogP contribution in [0, 0.1) is 6.92 Å². The average Bonchev–Trinajstić information content (AvgIpc) is 2.57. The Morgan fingerprint density at radius 2 is 1.74 bits per heavy atom. The van der Waals surface area contributed by atoms with Crippen LogP contribution in [0.4, 0.5) is 0 Å². The van der Waals surface area contributed by atoms with Crippen LogP contribution in [0.5, 0.6) is 5.75 Å². The number of benzene rings is 2. The van der Waals surface area contributed by atoms with Gasteiger partial charge in [0.25, 0.3) is 0 Å². The SMILES string of the molecule is CC/C(=N\NC(=O)Cc1ccc(OC)cc1)c1ccc(C)cc1. The summed E-state index contributed by atoms with van der Waals surface area (Å²) in [7, 11) is 1.62. The summed E-state index contributed by atoms with van der Waals surface area (Å²) in [6.07, 6.45) is 1.05. The maximum atomic E-state index is 12.0. The van der Waals surface area contributed by atoms with E-state index in [2.05, 4.69) is 10.5 Å². The first-order valence-electron chi connectivity index (χ1n) is 7.67. The fourth-order valence-electron chi connectivity index (χ4n) is 2.19. The van der Waals surface area contributed by atoms with Crippen molar-refractivity contribution in [3.8, 4) is 5.75 Å². The van der Waals surface area contributed by atoms with E-state index in [0.29, 0.717) is 6.42 Å². The van der Waals surface area contributed by atoms with Crippen LogP contribution < -0.4 is 10.2 Å². The molecule has 2 aromatic rings. The van der Waals surface area contributed by atoms with Gasteiger partial charge in [0.2, 0.25) is 5.91 Å². The van der Waals surface area contributed by atoms with E-state index in [-0.39, 0.29) is 5.91 Å². The number of carbonyl (C=O) groups is 1. The Hall–Kier alpha value is -2.62. The Kier molecular flexibility index (Phi) is 5.92. The van der Waals surface area contributed by atoms with Gasteiger partial charge in [-0.25, -0.2) is 5.43 Å². The molecule has 0 bridgehead atoms. The van der Waals surface area contributed by atoms with E-state index in [1.807, 2.05) is 62.4 Å². The van der Waals surface area contributed by atoms with Gasteiger partial charge in [0.05, 0.1) is 19.2 Å². The molecule has 0 atom stereocenters. The topological polar surface area (TPSA) is 50.7 Å². The van der Waals surface area contributed by atoms with E-state index in [1.54, 1.807) is 7.11 Å². The Labute approximate surface area is 137 Å². The second-order valence-corrected chi connectivity index (χ2v) is 5.34. The number of amides is 1. The van der Waals surface area contributed by atoms with Gasteiger partial charge in [-0.1, -0.05) is 48.9 Å².